The lowest BCUT2D eigenvalue weighted by atomic mass is 9.87. The lowest BCUT2D eigenvalue weighted by molar-refractivity contribution is -0.0351. The third-order valence-electron chi connectivity index (χ3n) is 4.46. The number of benzene rings is 1. The van der Waals surface area contributed by atoms with E-state index in [1.807, 2.05) is 7.11 Å². The van der Waals surface area contributed by atoms with Crippen LogP contribution in [0.3, 0.4) is 0 Å². The molecule has 1 aromatic rings. The Kier molecular flexibility index (Phi) is 5.00. The maximum absolute atomic E-state index is 5.95. The minimum atomic E-state index is 0.0414. The topological polar surface area (TPSA) is 21.3 Å². The Bertz CT molecular complexity index is 396. The summed E-state index contributed by atoms with van der Waals surface area (Å²) in [4.78, 5) is 0. The molecular weight excluding hydrogens is 234 g/mol. The van der Waals surface area contributed by atoms with Gasteiger partial charge >= 0.3 is 0 Å². The van der Waals surface area contributed by atoms with Crippen molar-refractivity contribution >= 4 is 0 Å². The molecule has 0 bridgehead atoms. The molecule has 1 N–H and O–H groups in total. The van der Waals surface area contributed by atoms with Gasteiger partial charge in [-0.2, -0.15) is 0 Å². The van der Waals surface area contributed by atoms with Crippen LogP contribution in [-0.4, -0.2) is 25.3 Å². The normalized spacial score (nSPS) is 19.5. The van der Waals surface area contributed by atoms with Crippen molar-refractivity contribution in [1.29, 1.82) is 0 Å². The van der Waals surface area contributed by atoms with Crippen molar-refractivity contribution in [3.05, 3.63) is 35.4 Å². The summed E-state index contributed by atoms with van der Waals surface area (Å²) in [5.74, 6) is 0. The van der Waals surface area contributed by atoms with Crippen LogP contribution in [0.1, 0.15) is 43.7 Å². The zero-order valence-electron chi connectivity index (χ0n) is 12.5. The van der Waals surface area contributed by atoms with Crippen LogP contribution in [0.5, 0.6) is 0 Å². The second-order valence-corrected chi connectivity index (χ2v) is 5.78. The van der Waals surface area contributed by atoms with Crippen LogP contribution in [0.2, 0.25) is 0 Å². The summed E-state index contributed by atoms with van der Waals surface area (Å²) in [6.45, 7) is 5.34. The summed E-state index contributed by atoms with van der Waals surface area (Å²) in [5.41, 5.74) is 2.79. The van der Waals surface area contributed by atoms with Crippen molar-refractivity contribution in [2.24, 2.45) is 0 Å². The number of hydrogen-bond acceptors (Lipinski definition) is 2. The van der Waals surface area contributed by atoms with E-state index in [9.17, 15) is 0 Å². The summed E-state index contributed by atoms with van der Waals surface area (Å²) in [7, 11) is 1.88. The molecule has 106 valence electrons. The van der Waals surface area contributed by atoms with Gasteiger partial charge in [0.2, 0.25) is 0 Å². The quantitative estimate of drug-likeness (QED) is 0.846. The second kappa shape index (κ2) is 6.53. The van der Waals surface area contributed by atoms with E-state index < -0.39 is 0 Å². The molecule has 0 heterocycles. The average Bonchev–Trinajstić information content (AvgIpc) is 2.88. The van der Waals surface area contributed by atoms with Crippen molar-refractivity contribution in [2.75, 3.05) is 13.7 Å². The molecule has 1 fully saturated rings. The molecule has 1 aliphatic rings. The Morgan fingerprint density at radius 1 is 1.32 bits per heavy atom. The largest absolute Gasteiger partial charge is 0.377 e. The minimum Gasteiger partial charge on any atom is -0.377 e. The van der Waals surface area contributed by atoms with Gasteiger partial charge in [-0.25, -0.2) is 0 Å². The lowest BCUT2D eigenvalue weighted by Gasteiger charge is -2.37. The summed E-state index contributed by atoms with van der Waals surface area (Å²) in [5, 5.41) is 3.66. The Morgan fingerprint density at radius 3 is 2.63 bits per heavy atom. The zero-order chi connectivity index (χ0) is 13.7. The number of hydrogen-bond donors (Lipinski definition) is 1. The molecule has 19 heavy (non-hydrogen) atoms. The van der Waals surface area contributed by atoms with E-state index in [-0.39, 0.29) is 5.60 Å². The molecule has 2 nitrogen and oxygen atoms in total. The first kappa shape index (κ1) is 14.5. The molecule has 2 heteroatoms. The highest BCUT2D eigenvalue weighted by Gasteiger charge is 2.41. The fourth-order valence-corrected chi connectivity index (χ4v) is 3.43. The van der Waals surface area contributed by atoms with Crippen LogP contribution in [-0.2, 0) is 11.2 Å². The van der Waals surface area contributed by atoms with Gasteiger partial charge in [0, 0.05) is 13.2 Å². The van der Waals surface area contributed by atoms with Crippen LogP contribution in [0.25, 0.3) is 0 Å². The SMILES string of the molecule is CCNC(Cc1cccc(C)c1)C1(OC)CCCC1. The van der Waals surface area contributed by atoms with Crippen molar-refractivity contribution in [1.82, 2.24) is 5.32 Å². The van der Waals surface area contributed by atoms with Gasteiger partial charge in [0.15, 0.2) is 0 Å². The van der Waals surface area contributed by atoms with Crippen LogP contribution in [0, 0.1) is 6.92 Å². The maximum Gasteiger partial charge on any atom is 0.0834 e. The number of ether oxygens (including phenoxy) is 1. The van der Waals surface area contributed by atoms with E-state index in [1.165, 1.54) is 36.8 Å². The van der Waals surface area contributed by atoms with E-state index in [2.05, 4.69) is 43.4 Å². The first-order valence-electron chi connectivity index (χ1n) is 7.54. The Morgan fingerprint density at radius 2 is 2.05 bits per heavy atom. The van der Waals surface area contributed by atoms with E-state index in [0.717, 1.165) is 13.0 Å². The fraction of sp³-hybridized carbons (Fsp3) is 0.647. The molecule has 1 aliphatic carbocycles. The van der Waals surface area contributed by atoms with Crippen LogP contribution in [0.4, 0.5) is 0 Å². The molecule has 0 amide bonds. The van der Waals surface area contributed by atoms with Gasteiger partial charge in [-0.05, 0) is 38.3 Å². The van der Waals surface area contributed by atoms with Crippen molar-refractivity contribution in [3.63, 3.8) is 0 Å². The number of rotatable bonds is 6. The van der Waals surface area contributed by atoms with Gasteiger partial charge in [0.05, 0.1) is 5.60 Å². The number of aryl methyl sites for hydroxylation is 1. The van der Waals surface area contributed by atoms with Gasteiger partial charge in [0.25, 0.3) is 0 Å². The highest BCUT2D eigenvalue weighted by Crippen LogP contribution is 2.36. The predicted molar refractivity (Wildman–Crippen MR) is 80.6 cm³/mol. The van der Waals surface area contributed by atoms with Gasteiger partial charge in [0.1, 0.15) is 0 Å². The molecular formula is C17H27NO. The van der Waals surface area contributed by atoms with E-state index >= 15 is 0 Å². The standard InChI is InChI=1S/C17H27NO/c1-4-18-16(17(19-3)10-5-6-11-17)13-15-9-7-8-14(2)12-15/h7-9,12,16,18H,4-6,10-11,13H2,1-3H3. The van der Waals surface area contributed by atoms with Gasteiger partial charge in [-0.15, -0.1) is 0 Å². The fourth-order valence-electron chi connectivity index (χ4n) is 3.43. The highest BCUT2D eigenvalue weighted by molar-refractivity contribution is 5.24. The molecule has 1 aromatic carbocycles. The molecule has 0 radical (unpaired) electrons. The van der Waals surface area contributed by atoms with Crippen LogP contribution in [0.15, 0.2) is 24.3 Å². The van der Waals surface area contributed by atoms with Crippen LogP contribution < -0.4 is 5.32 Å². The molecule has 0 spiro atoms. The van der Waals surface area contributed by atoms with Crippen LogP contribution >= 0.6 is 0 Å². The molecule has 0 aromatic heterocycles. The Hall–Kier alpha value is -0.860. The van der Waals surface area contributed by atoms with Crippen molar-refractivity contribution in [3.8, 4) is 0 Å². The molecule has 2 rings (SSSR count). The smallest absolute Gasteiger partial charge is 0.0834 e. The summed E-state index contributed by atoms with van der Waals surface area (Å²) in [6, 6.07) is 9.26. The Labute approximate surface area is 117 Å². The summed E-state index contributed by atoms with van der Waals surface area (Å²) in [6.07, 6.45) is 6.02. The highest BCUT2D eigenvalue weighted by atomic mass is 16.5. The third kappa shape index (κ3) is 3.37. The van der Waals surface area contributed by atoms with Gasteiger partial charge in [-0.3, -0.25) is 0 Å². The molecule has 0 aliphatic heterocycles. The van der Waals surface area contributed by atoms with E-state index in [0.29, 0.717) is 6.04 Å². The minimum absolute atomic E-state index is 0.0414. The summed E-state index contributed by atoms with van der Waals surface area (Å²) < 4.78 is 5.95. The van der Waals surface area contributed by atoms with Crippen molar-refractivity contribution < 1.29 is 4.74 Å². The number of likely N-dealkylation sites (N-methyl/N-ethyl adjacent to an activating group) is 1. The lowest BCUT2D eigenvalue weighted by Crippen LogP contribution is -2.51. The third-order valence-corrected chi connectivity index (χ3v) is 4.46. The van der Waals surface area contributed by atoms with Gasteiger partial charge < -0.3 is 10.1 Å². The number of methoxy groups -OCH3 is 1. The Balaban J connectivity index is 2.15. The van der Waals surface area contributed by atoms with Gasteiger partial charge in [-0.1, -0.05) is 49.6 Å². The van der Waals surface area contributed by atoms with E-state index in [4.69, 9.17) is 4.74 Å². The van der Waals surface area contributed by atoms with Crippen molar-refractivity contribution in [2.45, 2.75) is 57.6 Å². The molecule has 1 unspecified atom stereocenters. The monoisotopic (exact) mass is 261 g/mol. The first-order chi connectivity index (χ1) is 9.20. The first-order valence-corrected chi connectivity index (χ1v) is 7.54. The van der Waals surface area contributed by atoms with E-state index in [1.54, 1.807) is 0 Å². The molecule has 1 saturated carbocycles. The average molecular weight is 261 g/mol. The maximum atomic E-state index is 5.95. The predicted octanol–water partition coefficient (Wildman–Crippen LogP) is 3.47. The molecule has 1 atom stereocenters. The zero-order valence-corrected chi connectivity index (χ0v) is 12.5. The molecule has 0 saturated heterocycles. The summed E-state index contributed by atoms with van der Waals surface area (Å²) >= 11 is 0. The second-order valence-electron chi connectivity index (χ2n) is 5.78. The number of nitrogens with one attached hydrogen (secondary N) is 1.